The Morgan fingerprint density at radius 3 is 2.08 bits per heavy atom. The molecule has 36 heavy (non-hydrogen) atoms. The summed E-state index contributed by atoms with van der Waals surface area (Å²) in [6, 6.07) is 31.1. The van der Waals surface area contributed by atoms with Gasteiger partial charge in [0, 0.05) is 23.2 Å². The Bertz CT molecular complexity index is 1300. The van der Waals surface area contributed by atoms with E-state index in [9.17, 15) is 9.59 Å². The Morgan fingerprint density at radius 1 is 0.806 bits per heavy atom. The van der Waals surface area contributed by atoms with E-state index in [-0.39, 0.29) is 24.3 Å². The third-order valence-corrected chi connectivity index (χ3v) is 6.41. The molecule has 3 aromatic carbocycles. The topological polar surface area (TPSA) is 79.3 Å². The zero-order valence-corrected chi connectivity index (χ0v) is 20.0. The van der Waals surface area contributed by atoms with E-state index in [4.69, 9.17) is 5.10 Å². The summed E-state index contributed by atoms with van der Waals surface area (Å²) >= 11 is 0. The first-order valence-corrected chi connectivity index (χ1v) is 12.2. The molecule has 0 spiro atoms. The summed E-state index contributed by atoms with van der Waals surface area (Å²) in [6.07, 6.45) is 1.46. The van der Waals surface area contributed by atoms with Crippen molar-refractivity contribution in [3.63, 3.8) is 0 Å². The van der Waals surface area contributed by atoms with Gasteiger partial charge in [-0.1, -0.05) is 66.7 Å². The van der Waals surface area contributed by atoms with E-state index in [2.05, 4.69) is 15.5 Å². The van der Waals surface area contributed by atoms with Gasteiger partial charge in [0.05, 0.1) is 17.9 Å². The molecule has 0 atom stereocenters. The number of hydrogen-bond acceptors (Lipinski definition) is 4. The molecule has 0 bridgehead atoms. The second kappa shape index (κ2) is 11.0. The summed E-state index contributed by atoms with van der Waals surface area (Å²) in [7, 11) is 0. The number of carbonyl (C=O) groups excluding carboxylic acids is 2. The first-order valence-electron chi connectivity index (χ1n) is 12.2. The molecule has 1 saturated heterocycles. The molecule has 2 N–H and O–H groups in total. The number of rotatable bonds is 7. The number of aromatic nitrogens is 2. The zero-order valence-electron chi connectivity index (χ0n) is 20.0. The van der Waals surface area contributed by atoms with Crippen molar-refractivity contribution >= 4 is 23.3 Å². The molecule has 0 aliphatic carbocycles. The average Bonchev–Trinajstić information content (AvgIpc) is 3.34. The van der Waals surface area contributed by atoms with Crippen molar-refractivity contribution in [2.45, 2.75) is 12.8 Å². The molecule has 7 heteroatoms. The van der Waals surface area contributed by atoms with Gasteiger partial charge in [0.1, 0.15) is 5.82 Å². The zero-order chi connectivity index (χ0) is 24.7. The number of benzene rings is 3. The van der Waals surface area contributed by atoms with Crippen LogP contribution in [0, 0.1) is 5.92 Å². The first-order chi connectivity index (χ1) is 17.7. The Kier molecular flexibility index (Phi) is 7.19. The van der Waals surface area contributed by atoms with Gasteiger partial charge in [-0.15, -0.1) is 0 Å². The van der Waals surface area contributed by atoms with Crippen LogP contribution in [0.2, 0.25) is 0 Å². The number of carbonyl (C=O) groups is 2. The van der Waals surface area contributed by atoms with Gasteiger partial charge in [-0.05, 0) is 50.2 Å². The normalized spacial score (nSPS) is 14.3. The summed E-state index contributed by atoms with van der Waals surface area (Å²) in [5.41, 5.74) is 3.47. The van der Waals surface area contributed by atoms with Crippen molar-refractivity contribution in [1.82, 2.24) is 14.7 Å². The van der Waals surface area contributed by atoms with Gasteiger partial charge >= 0.3 is 0 Å². The standard InChI is InChI=1S/C29H29N5O2/c35-28(21-33-18-16-23(17-19-33)29(36)30-24-12-6-2-7-13-24)31-27-20-26(22-10-4-1-5-11-22)32-34(27)25-14-8-3-9-15-25/h1-15,20,23H,16-19,21H2,(H,30,36)(H,31,35). The smallest absolute Gasteiger partial charge is 0.239 e. The summed E-state index contributed by atoms with van der Waals surface area (Å²) in [4.78, 5) is 27.7. The molecule has 0 unspecified atom stereocenters. The molecule has 5 rings (SSSR count). The van der Waals surface area contributed by atoms with E-state index in [0.29, 0.717) is 18.9 Å². The predicted octanol–water partition coefficient (Wildman–Crippen LogP) is 4.83. The van der Waals surface area contributed by atoms with Crippen molar-refractivity contribution in [3.05, 3.63) is 97.1 Å². The molecule has 2 heterocycles. The van der Waals surface area contributed by atoms with Crippen LogP contribution in [-0.4, -0.2) is 46.1 Å². The van der Waals surface area contributed by atoms with Gasteiger partial charge in [0.15, 0.2) is 0 Å². The maximum absolute atomic E-state index is 13.0. The maximum atomic E-state index is 13.0. The highest BCUT2D eigenvalue weighted by Gasteiger charge is 2.26. The molecule has 1 aliphatic heterocycles. The lowest BCUT2D eigenvalue weighted by molar-refractivity contribution is -0.121. The number of piperidine rings is 1. The third-order valence-electron chi connectivity index (χ3n) is 6.41. The van der Waals surface area contributed by atoms with Gasteiger partial charge in [0.25, 0.3) is 0 Å². The predicted molar refractivity (Wildman–Crippen MR) is 142 cm³/mol. The second-order valence-electron chi connectivity index (χ2n) is 8.98. The van der Waals surface area contributed by atoms with E-state index in [0.717, 1.165) is 35.5 Å². The number of anilines is 2. The fourth-order valence-corrected chi connectivity index (χ4v) is 4.49. The third kappa shape index (κ3) is 5.70. The van der Waals surface area contributed by atoms with E-state index < -0.39 is 0 Å². The lowest BCUT2D eigenvalue weighted by Gasteiger charge is -2.30. The van der Waals surface area contributed by atoms with Crippen molar-refractivity contribution in [2.24, 2.45) is 5.92 Å². The lowest BCUT2D eigenvalue weighted by atomic mass is 9.96. The highest BCUT2D eigenvalue weighted by atomic mass is 16.2. The molecule has 0 radical (unpaired) electrons. The van der Waals surface area contributed by atoms with E-state index in [1.807, 2.05) is 97.1 Å². The highest BCUT2D eigenvalue weighted by molar-refractivity contribution is 5.93. The SMILES string of the molecule is O=C(CN1CCC(C(=O)Nc2ccccc2)CC1)Nc1cc(-c2ccccc2)nn1-c1ccccc1. The van der Waals surface area contributed by atoms with Gasteiger partial charge in [-0.25, -0.2) is 4.68 Å². The average molecular weight is 480 g/mol. The van der Waals surface area contributed by atoms with E-state index in [1.54, 1.807) is 4.68 Å². The monoisotopic (exact) mass is 479 g/mol. The van der Waals surface area contributed by atoms with Crippen LogP contribution in [0.4, 0.5) is 11.5 Å². The summed E-state index contributed by atoms with van der Waals surface area (Å²) in [6.45, 7) is 1.68. The number of para-hydroxylation sites is 2. The molecule has 182 valence electrons. The minimum absolute atomic E-state index is 0.0440. The van der Waals surface area contributed by atoms with E-state index in [1.165, 1.54) is 0 Å². The molecular weight excluding hydrogens is 450 g/mol. The van der Waals surface area contributed by atoms with Crippen LogP contribution < -0.4 is 10.6 Å². The lowest BCUT2D eigenvalue weighted by Crippen LogP contribution is -2.41. The Balaban J connectivity index is 1.21. The minimum Gasteiger partial charge on any atom is -0.326 e. The summed E-state index contributed by atoms with van der Waals surface area (Å²) in [5.74, 6) is 0.532. The number of nitrogens with zero attached hydrogens (tertiary/aromatic N) is 3. The minimum atomic E-state index is -0.0983. The van der Waals surface area contributed by atoms with Gasteiger partial charge in [0.2, 0.25) is 11.8 Å². The number of amides is 2. The van der Waals surface area contributed by atoms with Crippen LogP contribution in [0.1, 0.15) is 12.8 Å². The van der Waals surface area contributed by atoms with E-state index >= 15 is 0 Å². The Labute approximate surface area is 210 Å². The molecular formula is C29H29N5O2. The van der Waals surface area contributed by atoms with Crippen molar-refractivity contribution < 1.29 is 9.59 Å². The molecule has 1 aromatic heterocycles. The first kappa shape index (κ1) is 23.5. The van der Waals surface area contributed by atoms with Crippen LogP contribution >= 0.6 is 0 Å². The van der Waals surface area contributed by atoms with Crippen LogP contribution in [-0.2, 0) is 9.59 Å². The van der Waals surface area contributed by atoms with Crippen LogP contribution in [0.25, 0.3) is 16.9 Å². The van der Waals surface area contributed by atoms with Crippen LogP contribution in [0.3, 0.4) is 0 Å². The molecule has 1 fully saturated rings. The van der Waals surface area contributed by atoms with Crippen molar-refractivity contribution in [2.75, 3.05) is 30.3 Å². The van der Waals surface area contributed by atoms with Gasteiger partial charge in [-0.3, -0.25) is 14.5 Å². The molecule has 0 saturated carbocycles. The molecule has 7 nitrogen and oxygen atoms in total. The fourth-order valence-electron chi connectivity index (χ4n) is 4.49. The molecule has 4 aromatic rings. The maximum Gasteiger partial charge on any atom is 0.239 e. The number of hydrogen-bond donors (Lipinski definition) is 2. The van der Waals surface area contributed by atoms with Crippen molar-refractivity contribution in [3.8, 4) is 16.9 Å². The summed E-state index contributed by atoms with van der Waals surface area (Å²) < 4.78 is 1.76. The summed E-state index contributed by atoms with van der Waals surface area (Å²) in [5, 5.41) is 10.8. The Hall–Kier alpha value is -4.23. The number of likely N-dealkylation sites (tertiary alicyclic amines) is 1. The van der Waals surface area contributed by atoms with Gasteiger partial charge < -0.3 is 10.6 Å². The Morgan fingerprint density at radius 2 is 1.42 bits per heavy atom. The van der Waals surface area contributed by atoms with Crippen molar-refractivity contribution in [1.29, 1.82) is 0 Å². The quantitative estimate of drug-likeness (QED) is 0.398. The van der Waals surface area contributed by atoms with Gasteiger partial charge in [-0.2, -0.15) is 5.10 Å². The highest BCUT2D eigenvalue weighted by Crippen LogP contribution is 2.25. The fraction of sp³-hybridized carbons (Fsp3) is 0.207. The largest absolute Gasteiger partial charge is 0.326 e. The van der Waals surface area contributed by atoms with Crippen LogP contribution in [0.15, 0.2) is 97.1 Å². The molecule has 2 amide bonds. The number of nitrogens with one attached hydrogen (secondary N) is 2. The van der Waals surface area contributed by atoms with Crippen LogP contribution in [0.5, 0.6) is 0 Å². The second-order valence-corrected chi connectivity index (χ2v) is 8.98. The molecule has 1 aliphatic rings.